The van der Waals surface area contributed by atoms with Crippen LogP contribution in [0.5, 0.6) is 0 Å². The molecule has 5 heteroatoms. The Hall–Kier alpha value is -1.36. The predicted octanol–water partition coefficient (Wildman–Crippen LogP) is 2.16. The topological polar surface area (TPSA) is 67.2 Å². The second kappa shape index (κ2) is 6.88. The van der Waals surface area contributed by atoms with Crippen LogP contribution in [0.15, 0.2) is 6.20 Å². The minimum Gasteiger partial charge on any atom is -0.396 e. The fourth-order valence-electron chi connectivity index (χ4n) is 2.01. The Morgan fingerprint density at radius 1 is 1.50 bits per heavy atom. The highest BCUT2D eigenvalue weighted by Gasteiger charge is 2.22. The van der Waals surface area contributed by atoms with Crippen molar-refractivity contribution in [2.45, 2.75) is 53.5 Å². The van der Waals surface area contributed by atoms with Gasteiger partial charge in [0.2, 0.25) is 0 Å². The van der Waals surface area contributed by atoms with Gasteiger partial charge in [0.05, 0.1) is 11.3 Å². The molecular formula is C15H27N3O2. The van der Waals surface area contributed by atoms with Gasteiger partial charge in [0.1, 0.15) is 0 Å². The number of hydrogen-bond acceptors (Lipinski definition) is 3. The highest BCUT2D eigenvalue weighted by Crippen LogP contribution is 2.20. The molecule has 1 aromatic heterocycles. The molecule has 0 atom stereocenters. The fourth-order valence-corrected chi connectivity index (χ4v) is 2.01. The summed E-state index contributed by atoms with van der Waals surface area (Å²) in [6.07, 6.45) is 2.47. The van der Waals surface area contributed by atoms with Crippen LogP contribution in [0.1, 0.15) is 63.0 Å². The van der Waals surface area contributed by atoms with Gasteiger partial charge in [0, 0.05) is 25.9 Å². The third kappa shape index (κ3) is 4.34. The van der Waals surface area contributed by atoms with E-state index < -0.39 is 0 Å². The van der Waals surface area contributed by atoms with Crippen LogP contribution in [0.2, 0.25) is 0 Å². The molecule has 0 radical (unpaired) electrons. The Bertz CT molecular complexity index is 450. The van der Waals surface area contributed by atoms with Crippen LogP contribution in [0.4, 0.5) is 0 Å². The minimum atomic E-state index is -0.108. The number of nitrogens with zero attached hydrogens (tertiary/aromatic N) is 2. The number of rotatable bonds is 7. The molecule has 0 spiro atoms. The van der Waals surface area contributed by atoms with Crippen LogP contribution >= 0.6 is 0 Å². The number of amides is 1. The number of aryl methyl sites for hydroxylation is 1. The number of carbonyl (C=O) groups is 1. The van der Waals surface area contributed by atoms with Gasteiger partial charge in [-0.2, -0.15) is 5.10 Å². The minimum absolute atomic E-state index is 0.0839. The SMILES string of the molecule is CCn1cc(C(=O)NCC(C)(C)CCO)c(C(C)C)n1. The number of carbonyl (C=O) groups excluding carboxylic acids is 1. The average Bonchev–Trinajstić information content (AvgIpc) is 2.80. The molecule has 0 aliphatic rings. The first-order valence-corrected chi connectivity index (χ1v) is 7.27. The summed E-state index contributed by atoms with van der Waals surface area (Å²) in [6.45, 7) is 11.6. The van der Waals surface area contributed by atoms with Gasteiger partial charge in [0.25, 0.3) is 5.91 Å². The normalized spacial score (nSPS) is 11.9. The van der Waals surface area contributed by atoms with Crippen LogP contribution in [0.3, 0.4) is 0 Å². The van der Waals surface area contributed by atoms with Crippen molar-refractivity contribution in [3.8, 4) is 0 Å². The molecule has 1 aromatic rings. The molecule has 0 saturated heterocycles. The van der Waals surface area contributed by atoms with Gasteiger partial charge in [-0.3, -0.25) is 9.48 Å². The fraction of sp³-hybridized carbons (Fsp3) is 0.733. The van der Waals surface area contributed by atoms with E-state index in [2.05, 4.69) is 10.4 Å². The molecule has 1 heterocycles. The molecule has 0 saturated carbocycles. The van der Waals surface area contributed by atoms with Gasteiger partial charge < -0.3 is 10.4 Å². The van der Waals surface area contributed by atoms with E-state index in [1.807, 2.05) is 40.8 Å². The first-order chi connectivity index (χ1) is 9.30. The van der Waals surface area contributed by atoms with E-state index in [-0.39, 0.29) is 23.8 Å². The molecule has 20 heavy (non-hydrogen) atoms. The predicted molar refractivity (Wildman–Crippen MR) is 79.8 cm³/mol. The van der Waals surface area contributed by atoms with Crippen molar-refractivity contribution in [2.75, 3.05) is 13.2 Å². The lowest BCUT2D eigenvalue weighted by Gasteiger charge is -2.23. The molecule has 0 unspecified atom stereocenters. The smallest absolute Gasteiger partial charge is 0.254 e. The van der Waals surface area contributed by atoms with E-state index >= 15 is 0 Å². The Morgan fingerprint density at radius 3 is 2.65 bits per heavy atom. The molecular weight excluding hydrogens is 254 g/mol. The number of aromatic nitrogens is 2. The zero-order valence-corrected chi connectivity index (χ0v) is 13.2. The van der Waals surface area contributed by atoms with E-state index in [1.165, 1.54) is 0 Å². The van der Waals surface area contributed by atoms with Gasteiger partial charge >= 0.3 is 0 Å². The van der Waals surface area contributed by atoms with Crippen LogP contribution < -0.4 is 5.32 Å². The van der Waals surface area contributed by atoms with Crippen LogP contribution in [-0.2, 0) is 6.54 Å². The highest BCUT2D eigenvalue weighted by atomic mass is 16.3. The van der Waals surface area contributed by atoms with Gasteiger partial charge in [-0.05, 0) is 24.7 Å². The Kier molecular flexibility index (Phi) is 5.74. The molecule has 0 aliphatic carbocycles. The van der Waals surface area contributed by atoms with Crippen molar-refractivity contribution in [3.05, 3.63) is 17.5 Å². The van der Waals surface area contributed by atoms with E-state index in [1.54, 1.807) is 4.68 Å². The van der Waals surface area contributed by atoms with Crippen molar-refractivity contribution >= 4 is 5.91 Å². The van der Waals surface area contributed by atoms with E-state index in [0.29, 0.717) is 18.5 Å². The van der Waals surface area contributed by atoms with Gasteiger partial charge in [-0.15, -0.1) is 0 Å². The summed E-state index contributed by atoms with van der Waals surface area (Å²) in [5.41, 5.74) is 1.38. The first-order valence-electron chi connectivity index (χ1n) is 7.27. The lowest BCUT2D eigenvalue weighted by atomic mass is 9.89. The second-order valence-corrected chi connectivity index (χ2v) is 6.26. The maximum atomic E-state index is 12.3. The molecule has 1 amide bonds. The molecule has 2 N–H and O–H groups in total. The highest BCUT2D eigenvalue weighted by molar-refractivity contribution is 5.95. The van der Waals surface area contributed by atoms with Gasteiger partial charge in [-0.25, -0.2) is 0 Å². The lowest BCUT2D eigenvalue weighted by Crippen LogP contribution is -2.34. The molecule has 1 rings (SSSR count). The van der Waals surface area contributed by atoms with Crippen molar-refractivity contribution in [3.63, 3.8) is 0 Å². The summed E-state index contributed by atoms with van der Waals surface area (Å²) < 4.78 is 1.79. The maximum Gasteiger partial charge on any atom is 0.254 e. The number of hydrogen-bond donors (Lipinski definition) is 2. The van der Waals surface area contributed by atoms with Crippen molar-refractivity contribution in [1.29, 1.82) is 0 Å². The quantitative estimate of drug-likeness (QED) is 0.805. The van der Waals surface area contributed by atoms with Crippen LogP contribution in [0, 0.1) is 5.41 Å². The zero-order valence-electron chi connectivity index (χ0n) is 13.2. The summed E-state index contributed by atoms with van der Waals surface area (Å²) >= 11 is 0. The third-order valence-electron chi connectivity index (χ3n) is 3.42. The Labute approximate surface area is 121 Å². The Morgan fingerprint density at radius 2 is 2.15 bits per heavy atom. The summed E-state index contributed by atoms with van der Waals surface area (Å²) in [4.78, 5) is 12.3. The van der Waals surface area contributed by atoms with Crippen molar-refractivity contribution in [1.82, 2.24) is 15.1 Å². The van der Waals surface area contributed by atoms with Gasteiger partial charge in [0.15, 0.2) is 0 Å². The van der Waals surface area contributed by atoms with E-state index in [9.17, 15) is 4.79 Å². The maximum absolute atomic E-state index is 12.3. The van der Waals surface area contributed by atoms with Crippen molar-refractivity contribution in [2.24, 2.45) is 5.41 Å². The average molecular weight is 281 g/mol. The monoisotopic (exact) mass is 281 g/mol. The number of nitrogens with one attached hydrogen (secondary N) is 1. The molecule has 0 aliphatic heterocycles. The van der Waals surface area contributed by atoms with E-state index in [4.69, 9.17) is 5.11 Å². The summed E-state index contributed by atoms with van der Waals surface area (Å²) in [5.74, 6) is 0.133. The third-order valence-corrected chi connectivity index (χ3v) is 3.42. The van der Waals surface area contributed by atoms with E-state index in [0.717, 1.165) is 12.2 Å². The summed E-state index contributed by atoms with van der Waals surface area (Å²) in [7, 11) is 0. The van der Waals surface area contributed by atoms with Crippen LogP contribution in [-0.4, -0.2) is 33.9 Å². The Balaban J connectivity index is 2.79. The molecule has 0 fully saturated rings. The largest absolute Gasteiger partial charge is 0.396 e. The number of aliphatic hydroxyl groups excluding tert-OH is 1. The summed E-state index contributed by atoms with van der Waals surface area (Å²) in [5, 5.41) is 16.4. The first kappa shape index (κ1) is 16.7. The summed E-state index contributed by atoms with van der Waals surface area (Å²) in [6, 6.07) is 0. The zero-order chi connectivity index (χ0) is 15.3. The van der Waals surface area contributed by atoms with Crippen LogP contribution in [0.25, 0.3) is 0 Å². The van der Waals surface area contributed by atoms with Gasteiger partial charge in [-0.1, -0.05) is 27.7 Å². The molecule has 5 nitrogen and oxygen atoms in total. The lowest BCUT2D eigenvalue weighted by molar-refractivity contribution is 0.0927. The number of aliphatic hydroxyl groups is 1. The van der Waals surface area contributed by atoms with Crippen molar-refractivity contribution < 1.29 is 9.90 Å². The standard InChI is InChI=1S/C15H27N3O2/c1-6-18-9-12(13(17-18)11(2)3)14(20)16-10-15(4,5)7-8-19/h9,11,19H,6-8,10H2,1-5H3,(H,16,20). The molecule has 114 valence electrons. The molecule has 0 aromatic carbocycles. The second-order valence-electron chi connectivity index (χ2n) is 6.26. The molecule has 0 bridgehead atoms.